The van der Waals surface area contributed by atoms with E-state index in [4.69, 9.17) is 9.47 Å². The average Bonchev–Trinajstić information content (AvgIpc) is 2.71. The third-order valence-corrected chi connectivity index (χ3v) is 4.04. The van der Waals surface area contributed by atoms with Gasteiger partial charge in [0.2, 0.25) is 0 Å². The SMILES string of the molecule is CCOc1ccccc1C(=O)N[C@H](C(=O)OCC(=O)Nc1ccccc1)C(C)C. The van der Waals surface area contributed by atoms with E-state index in [-0.39, 0.29) is 5.92 Å². The molecule has 0 saturated carbocycles. The molecule has 2 rings (SSSR count). The molecule has 0 aromatic heterocycles. The molecule has 7 nitrogen and oxygen atoms in total. The molecule has 0 radical (unpaired) electrons. The maximum atomic E-state index is 12.7. The molecule has 154 valence electrons. The van der Waals surface area contributed by atoms with Crippen molar-refractivity contribution in [3.8, 4) is 5.75 Å². The normalized spacial score (nSPS) is 11.4. The second-order valence-corrected chi connectivity index (χ2v) is 6.65. The molecule has 2 aromatic rings. The summed E-state index contributed by atoms with van der Waals surface area (Å²) in [6.45, 7) is 5.36. The molecule has 0 aliphatic rings. The molecule has 0 bridgehead atoms. The van der Waals surface area contributed by atoms with Crippen LogP contribution in [0.5, 0.6) is 5.75 Å². The van der Waals surface area contributed by atoms with Crippen molar-refractivity contribution in [2.24, 2.45) is 5.92 Å². The summed E-state index contributed by atoms with van der Waals surface area (Å²) in [5, 5.41) is 5.31. The minimum Gasteiger partial charge on any atom is -0.493 e. The van der Waals surface area contributed by atoms with Crippen molar-refractivity contribution in [1.82, 2.24) is 5.32 Å². The molecule has 7 heteroatoms. The summed E-state index contributed by atoms with van der Waals surface area (Å²) in [7, 11) is 0. The van der Waals surface area contributed by atoms with Crippen LogP contribution in [-0.4, -0.2) is 37.0 Å². The molecule has 0 spiro atoms. The quantitative estimate of drug-likeness (QED) is 0.634. The predicted octanol–water partition coefficient (Wildman–Crippen LogP) is 3.02. The Morgan fingerprint density at radius 3 is 2.28 bits per heavy atom. The Labute approximate surface area is 170 Å². The van der Waals surface area contributed by atoms with Crippen LogP contribution < -0.4 is 15.4 Å². The zero-order valence-corrected chi connectivity index (χ0v) is 16.8. The van der Waals surface area contributed by atoms with Crippen LogP contribution in [0.3, 0.4) is 0 Å². The van der Waals surface area contributed by atoms with E-state index in [1.165, 1.54) is 0 Å². The van der Waals surface area contributed by atoms with Crippen molar-refractivity contribution in [2.75, 3.05) is 18.5 Å². The van der Waals surface area contributed by atoms with Gasteiger partial charge in [-0.15, -0.1) is 0 Å². The predicted molar refractivity (Wildman–Crippen MR) is 110 cm³/mol. The Morgan fingerprint density at radius 1 is 0.966 bits per heavy atom. The highest BCUT2D eigenvalue weighted by Crippen LogP contribution is 2.18. The van der Waals surface area contributed by atoms with Gasteiger partial charge in [0.25, 0.3) is 11.8 Å². The van der Waals surface area contributed by atoms with Crippen molar-refractivity contribution < 1.29 is 23.9 Å². The number of anilines is 1. The van der Waals surface area contributed by atoms with Gasteiger partial charge in [0, 0.05) is 5.69 Å². The third-order valence-electron chi connectivity index (χ3n) is 4.04. The van der Waals surface area contributed by atoms with E-state index in [9.17, 15) is 14.4 Å². The van der Waals surface area contributed by atoms with Crippen molar-refractivity contribution in [2.45, 2.75) is 26.8 Å². The van der Waals surface area contributed by atoms with Crippen molar-refractivity contribution >= 4 is 23.5 Å². The Kier molecular flexibility index (Phi) is 8.21. The van der Waals surface area contributed by atoms with E-state index < -0.39 is 30.4 Å². The van der Waals surface area contributed by atoms with E-state index in [0.717, 1.165) is 0 Å². The minimum atomic E-state index is -0.901. The second-order valence-electron chi connectivity index (χ2n) is 6.65. The highest BCUT2D eigenvalue weighted by atomic mass is 16.5. The molecule has 2 N–H and O–H groups in total. The largest absolute Gasteiger partial charge is 0.493 e. The van der Waals surface area contributed by atoms with Gasteiger partial charge < -0.3 is 20.1 Å². The smallest absolute Gasteiger partial charge is 0.329 e. The molecule has 0 aliphatic heterocycles. The summed E-state index contributed by atoms with van der Waals surface area (Å²) >= 11 is 0. The van der Waals surface area contributed by atoms with Gasteiger partial charge in [0.1, 0.15) is 11.8 Å². The maximum absolute atomic E-state index is 12.7. The lowest BCUT2D eigenvalue weighted by Crippen LogP contribution is -2.46. The van der Waals surface area contributed by atoms with E-state index in [2.05, 4.69) is 10.6 Å². The van der Waals surface area contributed by atoms with Crippen molar-refractivity contribution in [3.63, 3.8) is 0 Å². The Balaban J connectivity index is 1.97. The molecule has 0 aliphatic carbocycles. The van der Waals surface area contributed by atoms with Crippen LogP contribution in [0.4, 0.5) is 5.69 Å². The van der Waals surface area contributed by atoms with Crippen LogP contribution in [0.25, 0.3) is 0 Å². The Morgan fingerprint density at radius 2 is 1.62 bits per heavy atom. The molecule has 0 saturated heterocycles. The number of carbonyl (C=O) groups excluding carboxylic acids is 3. The number of hydrogen-bond acceptors (Lipinski definition) is 5. The van der Waals surface area contributed by atoms with Crippen LogP contribution in [0.15, 0.2) is 54.6 Å². The fraction of sp³-hybridized carbons (Fsp3) is 0.318. The fourth-order valence-electron chi connectivity index (χ4n) is 2.60. The van der Waals surface area contributed by atoms with E-state index in [0.29, 0.717) is 23.6 Å². The standard InChI is InChI=1S/C22H26N2O5/c1-4-28-18-13-9-8-12-17(18)21(26)24-20(15(2)3)22(27)29-14-19(25)23-16-10-6-5-7-11-16/h5-13,15,20H,4,14H2,1-3H3,(H,23,25)(H,24,26)/t20-/m0/s1. The summed E-state index contributed by atoms with van der Waals surface area (Å²) in [5.74, 6) is -1.38. The van der Waals surface area contributed by atoms with Gasteiger partial charge in [0.05, 0.1) is 12.2 Å². The molecule has 29 heavy (non-hydrogen) atoms. The van der Waals surface area contributed by atoms with Crippen LogP contribution in [0.2, 0.25) is 0 Å². The molecule has 0 heterocycles. The zero-order chi connectivity index (χ0) is 21.2. The number of benzene rings is 2. The zero-order valence-electron chi connectivity index (χ0n) is 16.8. The first-order valence-corrected chi connectivity index (χ1v) is 9.46. The number of hydrogen-bond donors (Lipinski definition) is 2. The highest BCUT2D eigenvalue weighted by Gasteiger charge is 2.27. The first-order valence-electron chi connectivity index (χ1n) is 9.46. The van der Waals surface area contributed by atoms with Crippen molar-refractivity contribution in [1.29, 1.82) is 0 Å². The number of rotatable bonds is 9. The topological polar surface area (TPSA) is 93.7 Å². The molecule has 2 amide bonds. The Hall–Kier alpha value is -3.35. The van der Waals surface area contributed by atoms with E-state index in [1.807, 2.05) is 13.0 Å². The lowest BCUT2D eigenvalue weighted by atomic mass is 10.0. The number of carbonyl (C=O) groups is 3. The first kappa shape index (κ1) is 21.9. The Bertz CT molecular complexity index is 836. The molecular formula is C22H26N2O5. The summed E-state index contributed by atoms with van der Waals surface area (Å²) in [6, 6.07) is 14.7. The molecule has 0 fully saturated rings. The fourth-order valence-corrected chi connectivity index (χ4v) is 2.60. The van der Waals surface area contributed by atoms with Crippen LogP contribution in [-0.2, 0) is 14.3 Å². The van der Waals surface area contributed by atoms with Gasteiger partial charge in [-0.1, -0.05) is 44.2 Å². The molecular weight excluding hydrogens is 372 g/mol. The summed E-state index contributed by atoms with van der Waals surface area (Å²) in [5.41, 5.74) is 0.935. The molecule has 1 atom stereocenters. The third kappa shape index (κ3) is 6.64. The molecule has 0 unspecified atom stereocenters. The lowest BCUT2D eigenvalue weighted by Gasteiger charge is -2.21. The summed E-state index contributed by atoms with van der Waals surface area (Å²) < 4.78 is 10.6. The number of esters is 1. The maximum Gasteiger partial charge on any atom is 0.329 e. The lowest BCUT2D eigenvalue weighted by molar-refractivity contribution is -0.150. The van der Waals surface area contributed by atoms with Crippen LogP contribution in [0.1, 0.15) is 31.1 Å². The van der Waals surface area contributed by atoms with Gasteiger partial charge in [-0.25, -0.2) is 4.79 Å². The van der Waals surface area contributed by atoms with Gasteiger partial charge in [0.15, 0.2) is 6.61 Å². The van der Waals surface area contributed by atoms with E-state index in [1.54, 1.807) is 62.4 Å². The monoisotopic (exact) mass is 398 g/mol. The number of ether oxygens (including phenoxy) is 2. The minimum absolute atomic E-state index is 0.233. The van der Waals surface area contributed by atoms with Gasteiger partial charge in [-0.3, -0.25) is 9.59 Å². The second kappa shape index (κ2) is 10.8. The summed E-state index contributed by atoms with van der Waals surface area (Å²) in [4.78, 5) is 37.1. The van der Waals surface area contributed by atoms with Crippen LogP contribution >= 0.6 is 0 Å². The van der Waals surface area contributed by atoms with Crippen molar-refractivity contribution in [3.05, 3.63) is 60.2 Å². The van der Waals surface area contributed by atoms with Gasteiger partial charge in [-0.2, -0.15) is 0 Å². The van der Waals surface area contributed by atoms with Crippen LogP contribution in [0, 0.1) is 5.92 Å². The number of para-hydroxylation sites is 2. The van der Waals surface area contributed by atoms with Gasteiger partial charge in [-0.05, 0) is 37.1 Å². The first-order chi connectivity index (χ1) is 13.9. The molecule has 2 aromatic carbocycles. The highest BCUT2D eigenvalue weighted by molar-refractivity contribution is 5.99. The number of amides is 2. The van der Waals surface area contributed by atoms with E-state index >= 15 is 0 Å². The number of nitrogens with one attached hydrogen (secondary N) is 2. The van der Waals surface area contributed by atoms with Gasteiger partial charge >= 0.3 is 5.97 Å². The average molecular weight is 398 g/mol. The summed E-state index contributed by atoms with van der Waals surface area (Å²) in [6.07, 6.45) is 0.